The van der Waals surface area contributed by atoms with Crippen LogP contribution in [-0.2, 0) is 18.4 Å². The van der Waals surface area contributed by atoms with Gasteiger partial charge in [-0.25, -0.2) is 4.98 Å². The molecule has 1 aromatic rings. The lowest BCUT2D eigenvalue weighted by atomic mass is 10.1. The van der Waals surface area contributed by atoms with Crippen molar-refractivity contribution in [3.8, 4) is 0 Å². The molecule has 128 valence electrons. The van der Waals surface area contributed by atoms with Crippen LogP contribution in [-0.4, -0.2) is 76.5 Å². The molecule has 0 saturated carbocycles. The minimum Gasteiger partial charge on any atom is -0.341 e. The number of hydrogen-bond donors (Lipinski definition) is 0. The van der Waals surface area contributed by atoms with Crippen LogP contribution in [0.4, 0.5) is 0 Å². The first-order chi connectivity index (χ1) is 11.0. The van der Waals surface area contributed by atoms with E-state index in [1.165, 1.54) is 0 Å². The quantitative estimate of drug-likeness (QED) is 0.826. The maximum Gasteiger partial charge on any atom is 0.227 e. The highest BCUT2D eigenvalue weighted by Crippen LogP contribution is 2.19. The summed E-state index contributed by atoms with van der Waals surface area (Å²) in [5, 5.41) is 0.664. The number of halogens is 1. The number of likely N-dealkylation sites (tertiary alicyclic amines) is 1. The van der Waals surface area contributed by atoms with E-state index in [4.69, 9.17) is 11.6 Å². The van der Waals surface area contributed by atoms with Crippen molar-refractivity contribution in [2.75, 3.05) is 46.3 Å². The lowest BCUT2D eigenvalue weighted by molar-refractivity contribution is -0.135. The highest BCUT2D eigenvalue weighted by atomic mass is 35.5. The zero-order valence-corrected chi connectivity index (χ0v) is 14.8. The molecule has 6 nitrogen and oxygen atoms in total. The highest BCUT2D eigenvalue weighted by molar-refractivity contribution is 6.29. The van der Waals surface area contributed by atoms with Crippen LogP contribution in [0.5, 0.6) is 0 Å². The number of imidazole rings is 1. The van der Waals surface area contributed by atoms with E-state index in [9.17, 15) is 4.79 Å². The number of carbonyl (C=O) groups excluding carboxylic acids is 1. The van der Waals surface area contributed by atoms with Gasteiger partial charge in [-0.1, -0.05) is 11.6 Å². The first kappa shape index (κ1) is 16.7. The van der Waals surface area contributed by atoms with E-state index in [1.807, 2.05) is 11.6 Å². The van der Waals surface area contributed by atoms with Crippen LogP contribution in [0.25, 0.3) is 0 Å². The van der Waals surface area contributed by atoms with Crippen molar-refractivity contribution in [2.24, 2.45) is 13.0 Å². The number of aromatic nitrogens is 2. The lowest BCUT2D eigenvalue weighted by Gasteiger charge is -2.24. The summed E-state index contributed by atoms with van der Waals surface area (Å²) in [7, 11) is 4.03. The van der Waals surface area contributed by atoms with Gasteiger partial charge < -0.3 is 14.4 Å². The summed E-state index contributed by atoms with van der Waals surface area (Å²) in [5.74, 6) is 1.52. The van der Waals surface area contributed by atoms with Crippen molar-refractivity contribution in [1.29, 1.82) is 0 Å². The Hall–Kier alpha value is -1.11. The van der Waals surface area contributed by atoms with E-state index in [-0.39, 0.29) is 5.92 Å². The smallest absolute Gasteiger partial charge is 0.227 e. The van der Waals surface area contributed by atoms with E-state index in [2.05, 4.69) is 26.7 Å². The molecule has 2 fully saturated rings. The normalized spacial score (nSPS) is 24.1. The van der Waals surface area contributed by atoms with Crippen LogP contribution < -0.4 is 0 Å². The molecule has 0 radical (unpaired) electrons. The van der Waals surface area contributed by atoms with E-state index >= 15 is 0 Å². The molecule has 0 bridgehead atoms. The third-order valence-electron chi connectivity index (χ3n) is 5.03. The number of amides is 1. The molecule has 2 saturated heterocycles. The molecular weight excluding hydrogens is 314 g/mol. The van der Waals surface area contributed by atoms with Gasteiger partial charge in [0, 0.05) is 39.8 Å². The van der Waals surface area contributed by atoms with Gasteiger partial charge in [0.05, 0.1) is 18.7 Å². The van der Waals surface area contributed by atoms with Gasteiger partial charge in [0.15, 0.2) is 0 Å². The molecule has 3 heterocycles. The van der Waals surface area contributed by atoms with Crippen molar-refractivity contribution in [2.45, 2.75) is 19.4 Å². The van der Waals surface area contributed by atoms with Gasteiger partial charge >= 0.3 is 0 Å². The Morgan fingerprint density at radius 3 is 2.74 bits per heavy atom. The summed E-state index contributed by atoms with van der Waals surface area (Å²) in [6, 6.07) is 0. The van der Waals surface area contributed by atoms with E-state index in [0.717, 1.165) is 64.5 Å². The molecule has 0 aliphatic carbocycles. The molecule has 2 aliphatic heterocycles. The average molecular weight is 340 g/mol. The van der Waals surface area contributed by atoms with Gasteiger partial charge in [0.1, 0.15) is 11.0 Å². The van der Waals surface area contributed by atoms with Crippen LogP contribution >= 0.6 is 11.6 Å². The second-order valence-corrected chi connectivity index (χ2v) is 7.15. The summed E-state index contributed by atoms with van der Waals surface area (Å²) >= 11 is 6.05. The van der Waals surface area contributed by atoms with Crippen molar-refractivity contribution >= 4 is 17.5 Å². The number of carbonyl (C=O) groups is 1. The maximum absolute atomic E-state index is 12.7. The third kappa shape index (κ3) is 3.87. The van der Waals surface area contributed by atoms with Gasteiger partial charge in [-0.05, 0) is 26.4 Å². The SMILES string of the molecule is CN1CCC(C(=O)N2CCCN(Cc3ncc(Cl)n3C)CC2)C1. The van der Waals surface area contributed by atoms with Crippen LogP contribution in [0.1, 0.15) is 18.7 Å². The van der Waals surface area contributed by atoms with Gasteiger partial charge in [0.2, 0.25) is 5.91 Å². The topological polar surface area (TPSA) is 44.6 Å². The number of hydrogen-bond acceptors (Lipinski definition) is 4. The van der Waals surface area contributed by atoms with Gasteiger partial charge in [0.25, 0.3) is 0 Å². The van der Waals surface area contributed by atoms with Crippen LogP contribution in [0, 0.1) is 5.92 Å². The summed E-state index contributed by atoms with van der Waals surface area (Å²) < 4.78 is 1.92. The predicted octanol–water partition coefficient (Wildman–Crippen LogP) is 1.06. The molecule has 2 aliphatic rings. The molecule has 0 spiro atoms. The predicted molar refractivity (Wildman–Crippen MR) is 90.3 cm³/mol. The largest absolute Gasteiger partial charge is 0.341 e. The number of nitrogens with zero attached hydrogens (tertiary/aromatic N) is 5. The first-order valence-corrected chi connectivity index (χ1v) is 8.78. The zero-order chi connectivity index (χ0) is 16.4. The fourth-order valence-corrected chi connectivity index (χ4v) is 3.66. The molecule has 1 amide bonds. The summed E-state index contributed by atoms with van der Waals surface area (Å²) in [6.45, 7) is 6.32. The fourth-order valence-electron chi connectivity index (χ4n) is 3.52. The van der Waals surface area contributed by atoms with E-state index < -0.39 is 0 Å². The van der Waals surface area contributed by atoms with Gasteiger partial charge in [-0.15, -0.1) is 0 Å². The highest BCUT2D eigenvalue weighted by Gasteiger charge is 2.30. The first-order valence-electron chi connectivity index (χ1n) is 8.40. The fraction of sp³-hybridized carbons (Fsp3) is 0.750. The second kappa shape index (κ2) is 7.20. The van der Waals surface area contributed by atoms with Crippen molar-refractivity contribution in [1.82, 2.24) is 24.3 Å². The van der Waals surface area contributed by atoms with Gasteiger partial charge in [-0.3, -0.25) is 9.69 Å². The van der Waals surface area contributed by atoms with Crippen molar-refractivity contribution < 1.29 is 4.79 Å². The van der Waals surface area contributed by atoms with Gasteiger partial charge in [-0.2, -0.15) is 0 Å². The molecule has 3 rings (SSSR count). The van der Waals surface area contributed by atoms with E-state index in [1.54, 1.807) is 6.20 Å². The molecule has 1 atom stereocenters. The minimum atomic E-state index is 0.194. The summed E-state index contributed by atoms with van der Waals surface area (Å²) in [5.41, 5.74) is 0. The molecule has 7 heteroatoms. The molecular formula is C16H26ClN5O. The standard InChI is InChI=1S/C16H26ClN5O/c1-19-7-4-13(11-19)16(23)22-6-3-5-21(8-9-22)12-15-18-10-14(17)20(15)2/h10,13H,3-9,11-12H2,1-2H3. The Balaban J connectivity index is 1.54. The Morgan fingerprint density at radius 1 is 1.26 bits per heavy atom. The lowest BCUT2D eigenvalue weighted by Crippen LogP contribution is -2.39. The third-order valence-corrected chi connectivity index (χ3v) is 5.38. The van der Waals surface area contributed by atoms with Crippen molar-refractivity contribution in [3.63, 3.8) is 0 Å². The molecule has 1 aromatic heterocycles. The molecule has 1 unspecified atom stereocenters. The Bertz CT molecular complexity index is 561. The second-order valence-electron chi connectivity index (χ2n) is 6.76. The van der Waals surface area contributed by atoms with Crippen LogP contribution in [0.15, 0.2) is 6.20 Å². The number of rotatable bonds is 3. The van der Waals surface area contributed by atoms with Crippen LogP contribution in [0.3, 0.4) is 0 Å². The zero-order valence-electron chi connectivity index (χ0n) is 14.0. The maximum atomic E-state index is 12.7. The minimum absolute atomic E-state index is 0.194. The Morgan fingerprint density at radius 2 is 2.09 bits per heavy atom. The Labute approximate surface area is 143 Å². The summed E-state index contributed by atoms with van der Waals surface area (Å²) in [6.07, 6.45) is 3.72. The monoisotopic (exact) mass is 339 g/mol. The van der Waals surface area contributed by atoms with E-state index in [0.29, 0.717) is 11.1 Å². The van der Waals surface area contributed by atoms with Crippen LogP contribution in [0.2, 0.25) is 5.15 Å². The molecule has 0 N–H and O–H groups in total. The average Bonchev–Trinajstić information content (AvgIpc) is 3.00. The van der Waals surface area contributed by atoms with Crippen molar-refractivity contribution in [3.05, 3.63) is 17.2 Å². The molecule has 23 heavy (non-hydrogen) atoms. The Kier molecular flexibility index (Phi) is 5.24. The summed E-state index contributed by atoms with van der Waals surface area (Å²) in [4.78, 5) is 23.7. The molecule has 0 aromatic carbocycles.